The molecule has 2 fully saturated rings. The summed E-state index contributed by atoms with van der Waals surface area (Å²) in [5.41, 5.74) is 1.13. The molecule has 0 aromatic heterocycles. The monoisotopic (exact) mass is 345 g/mol. The van der Waals surface area contributed by atoms with Crippen LogP contribution in [0.25, 0.3) is 0 Å². The van der Waals surface area contributed by atoms with Gasteiger partial charge in [-0.05, 0) is 23.6 Å². The Morgan fingerprint density at radius 3 is 2.24 bits per heavy atom. The Morgan fingerprint density at radius 2 is 1.64 bits per heavy atom. The zero-order valence-electron chi connectivity index (χ0n) is 14.1. The molecule has 0 unspecified atom stereocenters. The fraction of sp³-hybridized carbons (Fsp3) is 0.500. The van der Waals surface area contributed by atoms with Crippen LogP contribution in [0.2, 0.25) is 0 Å². The average Bonchev–Trinajstić information content (AvgIpc) is 2.56. The summed E-state index contributed by atoms with van der Waals surface area (Å²) in [6.45, 7) is 3.68. The van der Waals surface area contributed by atoms with Gasteiger partial charge in [-0.25, -0.2) is 0 Å². The molecular formula is C18H23N3O4. The van der Waals surface area contributed by atoms with Crippen molar-refractivity contribution in [3.8, 4) is 5.75 Å². The van der Waals surface area contributed by atoms with E-state index in [-0.39, 0.29) is 48.7 Å². The van der Waals surface area contributed by atoms with Crippen LogP contribution >= 0.6 is 0 Å². The van der Waals surface area contributed by atoms with Crippen molar-refractivity contribution in [1.82, 2.24) is 15.1 Å². The van der Waals surface area contributed by atoms with E-state index >= 15 is 0 Å². The molecule has 0 bridgehead atoms. The van der Waals surface area contributed by atoms with Gasteiger partial charge in [-0.3, -0.25) is 24.6 Å². The Bertz CT molecular complexity index is 635. The van der Waals surface area contributed by atoms with Crippen LogP contribution in [0.15, 0.2) is 24.3 Å². The average molecular weight is 345 g/mol. The minimum absolute atomic E-state index is 0.0248. The van der Waals surface area contributed by atoms with Crippen LogP contribution in [-0.4, -0.2) is 58.8 Å². The molecule has 0 radical (unpaired) electrons. The number of carbonyl (C=O) groups excluding carboxylic acids is 3. The molecular weight excluding hydrogens is 322 g/mol. The van der Waals surface area contributed by atoms with E-state index in [0.717, 1.165) is 25.2 Å². The number of hydrogen-bond donors (Lipinski definition) is 2. The first-order valence-electron chi connectivity index (χ1n) is 8.60. The number of phenolic OH excluding ortho intramolecular Hbond substituents is 1. The Labute approximate surface area is 146 Å². The smallest absolute Gasteiger partial charge is 0.226 e. The third-order valence-electron chi connectivity index (χ3n) is 4.76. The minimum Gasteiger partial charge on any atom is -0.508 e. The number of nitrogens with zero attached hydrogens (tertiary/aromatic N) is 2. The van der Waals surface area contributed by atoms with Gasteiger partial charge < -0.3 is 10.0 Å². The van der Waals surface area contributed by atoms with Crippen LogP contribution in [0, 0.1) is 5.92 Å². The third kappa shape index (κ3) is 4.79. The van der Waals surface area contributed by atoms with E-state index in [4.69, 9.17) is 0 Å². The SMILES string of the molecule is O=C1CC(CC(=O)N2CCN(Cc3ccc(O)cc3)CC2)CC(=O)N1. The number of rotatable bonds is 4. The minimum atomic E-state index is -0.284. The predicted octanol–water partition coefficient (Wildman–Crippen LogP) is 0.479. The summed E-state index contributed by atoms with van der Waals surface area (Å²) in [4.78, 5) is 39.3. The van der Waals surface area contributed by atoms with Gasteiger partial charge in [0.1, 0.15) is 5.75 Å². The molecule has 0 atom stereocenters. The molecule has 3 amide bonds. The molecule has 134 valence electrons. The van der Waals surface area contributed by atoms with Crippen LogP contribution < -0.4 is 5.32 Å². The van der Waals surface area contributed by atoms with Crippen molar-refractivity contribution >= 4 is 17.7 Å². The highest BCUT2D eigenvalue weighted by Gasteiger charge is 2.29. The highest BCUT2D eigenvalue weighted by Crippen LogP contribution is 2.20. The Kier molecular flexibility index (Phi) is 5.33. The van der Waals surface area contributed by atoms with Gasteiger partial charge in [0.05, 0.1) is 0 Å². The van der Waals surface area contributed by atoms with Gasteiger partial charge in [-0.1, -0.05) is 12.1 Å². The number of imide groups is 1. The van der Waals surface area contributed by atoms with Gasteiger partial charge in [0.25, 0.3) is 0 Å². The number of hydrogen-bond acceptors (Lipinski definition) is 5. The molecule has 2 aliphatic heterocycles. The fourth-order valence-corrected chi connectivity index (χ4v) is 3.39. The molecule has 0 saturated carbocycles. The molecule has 2 saturated heterocycles. The summed E-state index contributed by atoms with van der Waals surface area (Å²) >= 11 is 0. The number of phenols is 1. The summed E-state index contributed by atoms with van der Waals surface area (Å²) in [6, 6.07) is 7.16. The maximum absolute atomic E-state index is 12.4. The van der Waals surface area contributed by atoms with Gasteiger partial charge >= 0.3 is 0 Å². The Morgan fingerprint density at radius 1 is 1.04 bits per heavy atom. The molecule has 1 aromatic rings. The van der Waals surface area contributed by atoms with Crippen LogP contribution in [0.4, 0.5) is 0 Å². The zero-order chi connectivity index (χ0) is 17.8. The first kappa shape index (κ1) is 17.4. The van der Waals surface area contributed by atoms with E-state index in [1.54, 1.807) is 12.1 Å². The summed E-state index contributed by atoms with van der Waals surface area (Å²) in [6.07, 6.45) is 0.758. The van der Waals surface area contributed by atoms with Crippen molar-refractivity contribution < 1.29 is 19.5 Å². The van der Waals surface area contributed by atoms with Gasteiger partial charge in [0, 0.05) is 52.0 Å². The number of benzene rings is 1. The molecule has 2 aliphatic rings. The molecule has 3 rings (SSSR count). The van der Waals surface area contributed by atoms with E-state index in [2.05, 4.69) is 10.2 Å². The lowest BCUT2D eigenvalue weighted by Gasteiger charge is -2.35. The van der Waals surface area contributed by atoms with E-state index in [0.29, 0.717) is 13.1 Å². The largest absolute Gasteiger partial charge is 0.508 e. The highest BCUT2D eigenvalue weighted by molar-refractivity contribution is 5.98. The standard InChI is InChI=1S/C18H23N3O4/c22-15-3-1-13(2-4-15)12-20-5-7-21(8-6-20)18(25)11-14-9-16(23)19-17(24)10-14/h1-4,14,22H,5-12H2,(H,19,23,24). The quantitative estimate of drug-likeness (QED) is 0.775. The lowest BCUT2D eigenvalue weighted by atomic mass is 9.93. The van der Waals surface area contributed by atoms with Crippen molar-refractivity contribution in [2.75, 3.05) is 26.2 Å². The number of piperazine rings is 1. The Balaban J connectivity index is 1.45. The molecule has 0 spiro atoms. The van der Waals surface area contributed by atoms with Crippen LogP contribution in [0.5, 0.6) is 5.75 Å². The number of amides is 3. The number of nitrogens with one attached hydrogen (secondary N) is 1. The molecule has 7 nitrogen and oxygen atoms in total. The molecule has 7 heteroatoms. The summed E-state index contributed by atoms with van der Waals surface area (Å²) in [5, 5.41) is 11.6. The van der Waals surface area contributed by atoms with Gasteiger partial charge in [-0.2, -0.15) is 0 Å². The second-order valence-electron chi connectivity index (χ2n) is 6.77. The van der Waals surface area contributed by atoms with Crippen molar-refractivity contribution in [1.29, 1.82) is 0 Å². The van der Waals surface area contributed by atoms with Crippen LogP contribution in [0.3, 0.4) is 0 Å². The predicted molar refractivity (Wildman–Crippen MR) is 90.5 cm³/mol. The first-order valence-corrected chi connectivity index (χ1v) is 8.60. The second-order valence-corrected chi connectivity index (χ2v) is 6.77. The van der Waals surface area contributed by atoms with Crippen molar-refractivity contribution in [3.05, 3.63) is 29.8 Å². The van der Waals surface area contributed by atoms with Crippen molar-refractivity contribution in [2.24, 2.45) is 5.92 Å². The Hall–Kier alpha value is -2.41. The normalized spacial score (nSPS) is 19.8. The summed E-state index contributed by atoms with van der Waals surface area (Å²) in [7, 11) is 0. The maximum Gasteiger partial charge on any atom is 0.226 e. The maximum atomic E-state index is 12.4. The first-order chi connectivity index (χ1) is 12.0. The zero-order valence-corrected chi connectivity index (χ0v) is 14.1. The molecule has 2 heterocycles. The van der Waals surface area contributed by atoms with E-state index in [1.807, 2.05) is 17.0 Å². The summed E-state index contributed by atoms with van der Waals surface area (Å²) in [5.74, 6) is -0.463. The van der Waals surface area contributed by atoms with Crippen molar-refractivity contribution in [2.45, 2.75) is 25.8 Å². The van der Waals surface area contributed by atoms with Crippen LogP contribution in [0.1, 0.15) is 24.8 Å². The van der Waals surface area contributed by atoms with E-state index in [1.165, 1.54) is 0 Å². The topological polar surface area (TPSA) is 90.0 Å². The second kappa shape index (κ2) is 7.65. The lowest BCUT2D eigenvalue weighted by molar-refractivity contribution is -0.137. The molecule has 1 aromatic carbocycles. The molecule has 25 heavy (non-hydrogen) atoms. The number of carbonyl (C=O) groups is 3. The van der Waals surface area contributed by atoms with Gasteiger partial charge in [0.15, 0.2) is 0 Å². The fourth-order valence-electron chi connectivity index (χ4n) is 3.39. The lowest BCUT2D eigenvalue weighted by Crippen LogP contribution is -2.49. The van der Waals surface area contributed by atoms with Crippen molar-refractivity contribution in [3.63, 3.8) is 0 Å². The number of piperidine rings is 1. The van der Waals surface area contributed by atoms with Gasteiger partial charge in [-0.15, -0.1) is 0 Å². The summed E-state index contributed by atoms with van der Waals surface area (Å²) < 4.78 is 0. The van der Waals surface area contributed by atoms with E-state index < -0.39 is 0 Å². The van der Waals surface area contributed by atoms with Gasteiger partial charge in [0.2, 0.25) is 17.7 Å². The van der Waals surface area contributed by atoms with E-state index in [9.17, 15) is 19.5 Å². The van der Waals surface area contributed by atoms with Crippen LogP contribution in [-0.2, 0) is 20.9 Å². The molecule has 2 N–H and O–H groups in total. The third-order valence-corrected chi connectivity index (χ3v) is 4.76. The molecule has 0 aliphatic carbocycles. The highest BCUT2D eigenvalue weighted by atomic mass is 16.3. The number of aromatic hydroxyl groups is 1.